The van der Waals surface area contributed by atoms with E-state index in [4.69, 9.17) is 16.3 Å². The van der Waals surface area contributed by atoms with Gasteiger partial charge in [-0.2, -0.15) is 0 Å². The van der Waals surface area contributed by atoms with Crippen molar-refractivity contribution >= 4 is 28.6 Å². The summed E-state index contributed by atoms with van der Waals surface area (Å²) in [7, 11) is 0. The molecule has 2 aromatic carbocycles. The Kier molecular flexibility index (Phi) is 5.19. The van der Waals surface area contributed by atoms with Crippen molar-refractivity contribution in [1.29, 1.82) is 0 Å². The second-order valence-corrected chi connectivity index (χ2v) is 6.01. The normalized spacial score (nSPS) is 10.7. The topological polar surface area (TPSA) is 42.4 Å². The fourth-order valence-electron chi connectivity index (χ4n) is 2.66. The van der Waals surface area contributed by atoms with Crippen molar-refractivity contribution in [2.45, 2.75) is 13.8 Å². The number of rotatable bonds is 4. The van der Waals surface area contributed by atoms with Crippen molar-refractivity contribution in [2.24, 2.45) is 0 Å². The van der Waals surface area contributed by atoms with Crippen LogP contribution in [0.1, 0.15) is 13.8 Å². The molecule has 0 unspecified atom stereocenters. The maximum Gasteiger partial charge on any atom is 0.415 e. The van der Waals surface area contributed by atoms with Gasteiger partial charge in [0.2, 0.25) is 0 Å². The number of nitrogens with zero attached hydrogens (tertiary/aromatic N) is 2. The molecule has 128 valence electrons. The largest absolute Gasteiger partial charge is 0.415 e. The van der Waals surface area contributed by atoms with Crippen LogP contribution in [-0.2, 0) is 0 Å². The van der Waals surface area contributed by atoms with Gasteiger partial charge in [0.25, 0.3) is 0 Å². The summed E-state index contributed by atoms with van der Waals surface area (Å²) < 4.78 is 5.68. The number of aromatic nitrogens is 1. The summed E-state index contributed by atoms with van der Waals surface area (Å²) in [5.41, 5.74) is 2.35. The quantitative estimate of drug-likeness (QED) is 0.630. The number of fused-ring (bicyclic) bond motifs is 1. The van der Waals surface area contributed by atoms with E-state index in [0.29, 0.717) is 29.6 Å². The molecule has 25 heavy (non-hydrogen) atoms. The van der Waals surface area contributed by atoms with Gasteiger partial charge in [-0.3, -0.25) is 0 Å². The van der Waals surface area contributed by atoms with Crippen LogP contribution >= 0.6 is 11.6 Å². The fraction of sp³-hybridized carbons (Fsp3) is 0.200. The second kappa shape index (κ2) is 7.53. The summed E-state index contributed by atoms with van der Waals surface area (Å²) in [5.74, 6) is 0.498. The number of benzene rings is 2. The van der Waals surface area contributed by atoms with E-state index in [9.17, 15) is 4.79 Å². The van der Waals surface area contributed by atoms with Crippen molar-refractivity contribution < 1.29 is 9.53 Å². The minimum absolute atomic E-state index is 0.363. The summed E-state index contributed by atoms with van der Waals surface area (Å²) in [6, 6.07) is 16.9. The molecule has 0 atom stereocenters. The summed E-state index contributed by atoms with van der Waals surface area (Å²) in [4.78, 5) is 18.7. The molecule has 3 aromatic rings. The van der Waals surface area contributed by atoms with Crippen LogP contribution in [0.2, 0.25) is 5.02 Å². The van der Waals surface area contributed by atoms with Crippen molar-refractivity contribution in [3.05, 3.63) is 59.6 Å². The van der Waals surface area contributed by atoms with Crippen LogP contribution in [0.25, 0.3) is 22.2 Å². The van der Waals surface area contributed by atoms with Gasteiger partial charge in [-0.05, 0) is 38.1 Å². The van der Waals surface area contributed by atoms with Crippen LogP contribution in [0.15, 0.2) is 54.6 Å². The zero-order valence-corrected chi connectivity index (χ0v) is 15.0. The van der Waals surface area contributed by atoms with Gasteiger partial charge in [0, 0.05) is 35.1 Å². The van der Waals surface area contributed by atoms with Crippen LogP contribution in [0.3, 0.4) is 0 Å². The van der Waals surface area contributed by atoms with Gasteiger partial charge in [-0.25, -0.2) is 9.78 Å². The summed E-state index contributed by atoms with van der Waals surface area (Å²) in [5, 5.41) is 1.43. The molecule has 0 saturated carbocycles. The van der Waals surface area contributed by atoms with Crippen LogP contribution in [0.4, 0.5) is 4.79 Å². The first-order valence-corrected chi connectivity index (χ1v) is 8.62. The van der Waals surface area contributed by atoms with Crippen molar-refractivity contribution in [1.82, 2.24) is 9.88 Å². The smallest absolute Gasteiger partial charge is 0.409 e. The van der Waals surface area contributed by atoms with E-state index in [1.54, 1.807) is 11.0 Å². The number of para-hydroxylation sites is 1. The number of ether oxygens (including phenoxy) is 1. The van der Waals surface area contributed by atoms with E-state index >= 15 is 0 Å². The van der Waals surface area contributed by atoms with E-state index in [0.717, 1.165) is 16.5 Å². The first-order chi connectivity index (χ1) is 12.1. The third-order valence-electron chi connectivity index (χ3n) is 4.02. The van der Waals surface area contributed by atoms with E-state index < -0.39 is 0 Å². The van der Waals surface area contributed by atoms with E-state index in [-0.39, 0.29) is 6.09 Å². The molecule has 0 spiro atoms. The molecule has 1 amide bonds. The molecule has 3 rings (SSSR count). The molecule has 0 N–H and O–H groups in total. The third kappa shape index (κ3) is 3.74. The molecule has 0 saturated heterocycles. The lowest BCUT2D eigenvalue weighted by Gasteiger charge is -2.19. The number of carbonyl (C=O) groups is 1. The van der Waals surface area contributed by atoms with Crippen LogP contribution in [0.5, 0.6) is 5.75 Å². The Hall–Kier alpha value is -2.59. The number of pyridine rings is 1. The lowest BCUT2D eigenvalue weighted by molar-refractivity contribution is 0.158. The Morgan fingerprint density at radius 3 is 2.56 bits per heavy atom. The first-order valence-electron chi connectivity index (χ1n) is 8.24. The number of hydrogen-bond acceptors (Lipinski definition) is 3. The lowest BCUT2D eigenvalue weighted by Crippen LogP contribution is -2.33. The highest BCUT2D eigenvalue weighted by Crippen LogP contribution is 2.31. The van der Waals surface area contributed by atoms with Crippen molar-refractivity contribution in [3.8, 4) is 17.0 Å². The van der Waals surface area contributed by atoms with Gasteiger partial charge in [0.15, 0.2) is 0 Å². The van der Waals surface area contributed by atoms with Gasteiger partial charge in [0.1, 0.15) is 5.75 Å². The molecule has 1 heterocycles. The van der Waals surface area contributed by atoms with E-state index in [2.05, 4.69) is 4.98 Å². The summed E-state index contributed by atoms with van der Waals surface area (Å²) in [6.07, 6.45) is -0.363. The Morgan fingerprint density at radius 2 is 1.84 bits per heavy atom. The highest BCUT2D eigenvalue weighted by molar-refractivity contribution is 6.30. The fourth-order valence-corrected chi connectivity index (χ4v) is 2.85. The van der Waals surface area contributed by atoms with Gasteiger partial charge in [-0.1, -0.05) is 35.9 Å². The summed E-state index contributed by atoms with van der Waals surface area (Å²) >= 11 is 6.10. The molecule has 0 fully saturated rings. The first kappa shape index (κ1) is 17.2. The lowest BCUT2D eigenvalue weighted by atomic mass is 10.1. The maximum absolute atomic E-state index is 12.4. The predicted molar refractivity (Wildman–Crippen MR) is 101 cm³/mol. The van der Waals surface area contributed by atoms with Crippen molar-refractivity contribution in [3.63, 3.8) is 0 Å². The minimum Gasteiger partial charge on any atom is -0.409 e. The molecule has 0 aliphatic carbocycles. The molecular formula is C20H19ClN2O2. The van der Waals surface area contributed by atoms with Crippen LogP contribution in [-0.4, -0.2) is 29.1 Å². The average molecular weight is 355 g/mol. The molecule has 0 radical (unpaired) electrons. The molecule has 0 aliphatic heterocycles. The number of carbonyl (C=O) groups excluding carboxylic acids is 1. The van der Waals surface area contributed by atoms with Crippen LogP contribution < -0.4 is 4.74 Å². The van der Waals surface area contributed by atoms with Gasteiger partial charge >= 0.3 is 6.09 Å². The standard InChI is InChI=1S/C20H19ClN2O2/c1-3-23(4-2)20(24)25-19-13-18(14-8-7-9-15(21)12-14)22-17-11-6-5-10-16(17)19/h5-13H,3-4H2,1-2H3. The Morgan fingerprint density at radius 1 is 1.08 bits per heavy atom. The Balaban J connectivity index is 2.08. The minimum atomic E-state index is -0.363. The Bertz CT molecular complexity index is 907. The molecular weight excluding hydrogens is 336 g/mol. The predicted octanol–water partition coefficient (Wildman–Crippen LogP) is 5.40. The molecule has 0 bridgehead atoms. The van der Waals surface area contributed by atoms with E-state index in [1.165, 1.54) is 0 Å². The number of halogens is 1. The monoisotopic (exact) mass is 354 g/mol. The number of amides is 1. The zero-order chi connectivity index (χ0) is 17.8. The third-order valence-corrected chi connectivity index (χ3v) is 4.25. The van der Waals surface area contributed by atoms with Gasteiger partial charge in [0.05, 0.1) is 11.2 Å². The average Bonchev–Trinajstić information content (AvgIpc) is 2.62. The van der Waals surface area contributed by atoms with Crippen molar-refractivity contribution in [2.75, 3.05) is 13.1 Å². The highest BCUT2D eigenvalue weighted by Gasteiger charge is 2.16. The Labute approximate surface area is 152 Å². The van der Waals surface area contributed by atoms with Crippen LogP contribution in [0, 0.1) is 0 Å². The molecule has 5 heteroatoms. The maximum atomic E-state index is 12.4. The number of hydrogen-bond donors (Lipinski definition) is 0. The van der Waals surface area contributed by atoms with Gasteiger partial charge < -0.3 is 9.64 Å². The highest BCUT2D eigenvalue weighted by atomic mass is 35.5. The SMILES string of the molecule is CCN(CC)C(=O)Oc1cc(-c2cccc(Cl)c2)nc2ccccc12. The van der Waals surface area contributed by atoms with E-state index in [1.807, 2.05) is 62.4 Å². The zero-order valence-electron chi connectivity index (χ0n) is 14.2. The molecule has 4 nitrogen and oxygen atoms in total. The molecule has 1 aromatic heterocycles. The summed E-state index contributed by atoms with van der Waals surface area (Å²) in [6.45, 7) is 5.04. The second-order valence-electron chi connectivity index (χ2n) is 5.57. The van der Waals surface area contributed by atoms with Gasteiger partial charge in [-0.15, -0.1) is 0 Å². The molecule has 0 aliphatic rings.